The molecule has 2 aliphatic heterocycles. The number of piperidine rings is 2. The highest BCUT2D eigenvalue weighted by atomic mass is 32.2. The van der Waals surface area contributed by atoms with Gasteiger partial charge in [0.15, 0.2) is 5.03 Å². The second-order valence-corrected chi connectivity index (χ2v) is 11.2. The highest BCUT2D eigenvalue weighted by Gasteiger charge is 2.36. The Morgan fingerprint density at radius 1 is 1.00 bits per heavy atom. The van der Waals surface area contributed by atoms with Gasteiger partial charge in [-0.05, 0) is 44.7 Å². The van der Waals surface area contributed by atoms with Gasteiger partial charge in [-0.25, -0.2) is 13.4 Å². The number of carbonyl (C=O) groups excluding carboxylic acids is 1. The van der Waals surface area contributed by atoms with E-state index in [1.54, 1.807) is 24.7 Å². The van der Waals surface area contributed by atoms with Crippen molar-refractivity contribution in [2.45, 2.75) is 57.6 Å². The Kier molecular flexibility index (Phi) is 6.81. The van der Waals surface area contributed by atoms with E-state index in [-0.39, 0.29) is 23.0 Å². The first-order chi connectivity index (χ1) is 15.7. The maximum Gasteiger partial charge on any atom is 0.262 e. The van der Waals surface area contributed by atoms with Gasteiger partial charge in [-0.2, -0.15) is 4.31 Å². The monoisotopic (exact) mass is 474 g/mol. The Bertz CT molecular complexity index is 1070. The van der Waals surface area contributed by atoms with Crippen molar-refractivity contribution in [2.75, 3.05) is 26.2 Å². The second kappa shape index (κ2) is 9.46. The van der Waals surface area contributed by atoms with Crippen molar-refractivity contribution in [3.8, 4) is 5.75 Å². The number of para-hydroxylation sites is 1. The first-order valence-electron chi connectivity index (χ1n) is 11.7. The molecule has 2 aliphatic rings. The molecular formula is C24H34N4O4S. The van der Waals surface area contributed by atoms with Crippen LogP contribution in [0.3, 0.4) is 0 Å². The van der Waals surface area contributed by atoms with Gasteiger partial charge in [-0.15, -0.1) is 0 Å². The number of imidazole rings is 1. The van der Waals surface area contributed by atoms with Crippen LogP contribution in [0.5, 0.6) is 5.75 Å². The Labute approximate surface area is 196 Å². The summed E-state index contributed by atoms with van der Waals surface area (Å²) in [6, 6.07) is 6.15. The van der Waals surface area contributed by atoms with E-state index < -0.39 is 10.0 Å². The fraction of sp³-hybridized carbons (Fsp3) is 0.583. The van der Waals surface area contributed by atoms with Crippen LogP contribution >= 0.6 is 0 Å². The van der Waals surface area contributed by atoms with Gasteiger partial charge in [0, 0.05) is 58.2 Å². The van der Waals surface area contributed by atoms with E-state index in [1.807, 2.05) is 11.0 Å². The number of nitrogens with zero attached hydrogens (tertiary/aromatic N) is 4. The van der Waals surface area contributed by atoms with Gasteiger partial charge >= 0.3 is 0 Å². The first kappa shape index (κ1) is 23.8. The summed E-state index contributed by atoms with van der Waals surface area (Å²) < 4.78 is 35.3. The average Bonchev–Trinajstić information content (AvgIpc) is 3.15. The Hall–Kier alpha value is -2.39. The van der Waals surface area contributed by atoms with E-state index in [2.05, 4.69) is 31.0 Å². The van der Waals surface area contributed by atoms with Crippen LogP contribution in [0.15, 0.2) is 29.4 Å². The topological polar surface area (TPSA) is 84.7 Å². The van der Waals surface area contributed by atoms with Gasteiger partial charge in [-0.3, -0.25) is 4.79 Å². The molecule has 2 saturated heterocycles. The molecular weight excluding hydrogens is 440 g/mol. The fourth-order valence-electron chi connectivity index (χ4n) is 4.73. The summed E-state index contributed by atoms with van der Waals surface area (Å²) >= 11 is 0. The van der Waals surface area contributed by atoms with Crippen LogP contribution in [-0.4, -0.2) is 65.4 Å². The zero-order valence-electron chi connectivity index (χ0n) is 20.0. The lowest BCUT2D eigenvalue weighted by atomic mass is 9.95. The number of rotatable bonds is 5. The predicted octanol–water partition coefficient (Wildman–Crippen LogP) is 2.82. The number of aryl methyl sites for hydroxylation is 4. The molecule has 0 atom stereocenters. The largest absolute Gasteiger partial charge is 0.490 e. The van der Waals surface area contributed by atoms with Crippen LogP contribution in [0, 0.1) is 26.7 Å². The number of benzene rings is 1. The number of ether oxygens (including phenoxy) is 1. The molecule has 0 radical (unpaired) electrons. The summed E-state index contributed by atoms with van der Waals surface area (Å²) in [5.41, 5.74) is 2.27. The Balaban J connectivity index is 1.29. The minimum atomic E-state index is -3.62. The molecule has 9 heteroatoms. The molecule has 0 aliphatic carbocycles. The SMILES string of the molecule is Cc1cccc(C)c1OC1CCN(C(=O)C2CCN(S(=O)(=O)c3cn(C)c(C)n3)CC2)CC1. The molecule has 0 N–H and O–H groups in total. The van der Waals surface area contributed by atoms with Crippen molar-refractivity contribution in [2.24, 2.45) is 13.0 Å². The molecule has 0 unspecified atom stereocenters. The molecule has 1 aromatic heterocycles. The Morgan fingerprint density at radius 2 is 1.61 bits per heavy atom. The van der Waals surface area contributed by atoms with E-state index in [4.69, 9.17) is 4.74 Å². The molecule has 1 aromatic carbocycles. The van der Waals surface area contributed by atoms with E-state index >= 15 is 0 Å². The molecule has 0 spiro atoms. The molecule has 2 fully saturated rings. The number of hydrogen-bond donors (Lipinski definition) is 0. The van der Waals surface area contributed by atoms with Crippen molar-refractivity contribution in [3.05, 3.63) is 41.3 Å². The van der Waals surface area contributed by atoms with Crippen molar-refractivity contribution < 1.29 is 17.9 Å². The minimum absolute atomic E-state index is 0.0817. The maximum absolute atomic E-state index is 13.1. The van der Waals surface area contributed by atoms with Crippen molar-refractivity contribution in [1.82, 2.24) is 18.8 Å². The predicted molar refractivity (Wildman–Crippen MR) is 126 cm³/mol. The summed E-state index contributed by atoms with van der Waals surface area (Å²) in [5, 5.41) is 0.0817. The van der Waals surface area contributed by atoms with Gasteiger partial charge in [-0.1, -0.05) is 18.2 Å². The summed E-state index contributed by atoms with van der Waals surface area (Å²) in [7, 11) is -1.84. The van der Waals surface area contributed by atoms with Gasteiger partial charge < -0.3 is 14.2 Å². The quantitative estimate of drug-likeness (QED) is 0.665. The van der Waals surface area contributed by atoms with E-state index in [0.29, 0.717) is 44.8 Å². The van der Waals surface area contributed by atoms with E-state index in [9.17, 15) is 13.2 Å². The number of carbonyl (C=O) groups is 1. The van der Waals surface area contributed by atoms with E-state index in [0.717, 1.165) is 29.7 Å². The fourth-order valence-corrected chi connectivity index (χ4v) is 6.22. The normalized spacial score (nSPS) is 19.1. The summed E-state index contributed by atoms with van der Waals surface area (Å²) in [4.78, 5) is 19.2. The molecule has 1 amide bonds. The first-order valence-corrected chi connectivity index (χ1v) is 13.1. The summed E-state index contributed by atoms with van der Waals surface area (Å²) in [6.45, 7) is 7.95. The van der Waals surface area contributed by atoms with Crippen LogP contribution in [-0.2, 0) is 21.9 Å². The lowest BCUT2D eigenvalue weighted by Crippen LogP contribution is -2.47. The Morgan fingerprint density at radius 3 is 2.15 bits per heavy atom. The number of aromatic nitrogens is 2. The van der Waals surface area contributed by atoms with Crippen LogP contribution in [0.4, 0.5) is 0 Å². The third-order valence-electron chi connectivity index (χ3n) is 6.94. The van der Waals surface area contributed by atoms with E-state index in [1.165, 1.54) is 4.31 Å². The summed E-state index contributed by atoms with van der Waals surface area (Å²) in [5.74, 6) is 1.63. The molecule has 8 nitrogen and oxygen atoms in total. The van der Waals surface area contributed by atoms with Gasteiger partial charge in [0.25, 0.3) is 10.0 Å². The highest BCUT2D eigenvalue weighted by molar-refractivity contribution is 7.89. The van der Waals surface area contributed by atoms with Crippen molar-refractivity contribution in [3.63, 3.8) is 0 Å². The smallest absolute Gasteiger partial charge is 0.262 e. The number of likely N-dealkylation sites (tertiary alicyclic amines) is 1. The molecule has 0 saturated carbocycles. The molecule has 0 bridgehead atoms. The zero-order chi connectivity index (χ0) is 23.8. The molecule has 4 rings (SSSR count). The number of sulfonamides is 1. The van der Waals surface area contributed by atoms with Crippen LogP contribution in [0.2, 0.25) is 0 Å². The lowest BCUT2D eigenvalue weighted by Gasteiger charge is -2.37. The van der Waals surface area contributed by atoms with Crippen molar-refractivity contribution >= 4 is 15.9 Å². The molecule has 33 heavy (non-hydrogen) atoms. The molecule has 180 valence electrons. The van der Waals surface area contributed by atoms with Gasteiger partial charge in [0.1, 0.15) is 17.7 Å². The number of amides is 1. The maximum atomic E-state index is 13.1. The van der Waals surface area contributed by atoms with Crippen LogP contribution in [0.25, 0.3) is 0 Å². The summed E-state index contributed by atoms with van der Waals surface area (Å²) in [6.07, 6.45) is 4.37. The third kappa shape index (κ3) is 4.94. The second-order valence-electron chi connectivity index (χ2n) is 9.28. The number of hydrogen-bond acceptors (Lipinski definition) is 5. The van der Waals surface area contributed by atoms with Crippen molar-refractivity contribution in [1.29, 1.82) is 0 Å². The zero-order valence-corrected chi connectivity index (χ0v) is 20.8. The average molecular weight is 475 g/mol. The molecule has 2 aromatic rings. The van der Waals surface area contributed by atoms with Gasteiger partial charge in [0.2, 0.25) is 5.91 Å². The standard InChI is InChI=1S/C24H34N4O4S/c1-17-6-5-7-18(2)23(17)32-21-10-12-27(13-11-21)24(29)20-8-14-28(15-9-20)33(30,31)22-16-26(4)19(3)25-22/h5-7,16,20-21H,8-15H2,1-4H3. The van der Waals surface area contributed by atoms with Crippen LogP contribution in [0.1, 0.15) is 42.6 Å². The lowest BCUT2D eigenvalue weighted by molar-refractivity contribution is -0.138. The minimum Gasteiger partial charge on any atom is -0.490 e. The highest BCUT2D eigenvalue weighted by Crippen LogP contribution is 2.29. The van der Waals surface area contributed by atoms with Crippen LogP contribution < -0.4 is 4.74 Å². The molecule has 3 heterocycles. The van der Waals surface area contributed by atoms with Gasteiger partial charge in [0.05, 0.1) is 0 Å². The third-order valence-corrected chi connectivity index (χ3v) is 8.71.